The molecule has 1 amide bonds. The zero-order valence-corrected chi connectivity index (χ0v) is 12.0. The van der Waals surface area contributed by atoms with E-state index in [1.807, 2.05) is 37.3 Å². The van der Waals surface area contributed by atoms with E-state index in [2.05, 4.69) is 27.2 Å². The molecule has 0 saturated heterocycles. The van der Waals surface area contributed by atoms with Gasteiger partial charge in [0.25, 0.3) is 5.91 Å². The Kier molecular flexibility index (Phi) is 5.04. The predicted octanol–water partition coefficient (Wildman–Crippen LogP) is 2.31. The normalized spacial score (nSPS) is 9.95. The second-order valence-electron chi connectivity index (χ2n) is 4.56. The van der Waals surface area contributed by atoms with Gasteiger partial charge in [-0.3, -0.25) is 4.79 Å². The summed E-state index contributed by atoms with van der Waals surface area (Å²) < 4.78 is 0. The van der Waals surface area contributed by atoms with Crippen LogP contribution < -0.4 is 10.6 Å². The topological polar surface area (TPSA) is 66.9 Å². The molecule has 2 N–H and O–H groups in total. The first-order chi connectivity index (χ1) is 10.2. The molecular formula is C16H18N4O. The van der Waals surface area contributed by atoms with Crippen molar-refractivity contribution >= 4 is 11.9 Å². The van der Waals surface area contributed by atoms with Crippen LogP contribution in [0.25, 0.3) is 0 Å². The maximum Gasteiger partial charge on any atom is 0.270 e. The van der Waals surface area contributed by atoms with Crippen molar-refractivity contribution in [3.63, 3.8) is 0 Å². The number of hydrogen-bond acceptors (Lipinski definition) is 4. The highest BCUT2D eigenvalue weighted by atomic mass is 16.1. The Morgan fingerprint density at radius 1 is 1.29 bits per heavy atom. The molecule has 0 aliphatic heterocycles. The summed E-state index contributed by atoms with van der Waals surface area (Å²) in [5.41, 5.74) is 2.13. The van der Waals surface area contributed by atoms with E-state index < -0.39 is 0 Å². The maximum atomic E-state index is 12.1. The van der Waals surface area contributed by atoms with Gasteiger partial charge in [0.05, 0.1) is 0 Å². The van der Waals surface area contributed by atoms with E-state index in [0.29, 0.717) is 24.7 Å². The summed E-state index contributed by atoms with van der Waals surface area (Å²) in [6, 6.07) is 11.4. The Balaban J connectivity index is 2.04. The Hall–Kier alpha value is -2.69. The number of carbonyl (C=O) groups excluding carboxylic acids is 1. The van der Waals surface area contributed by atoms with Gasteiger partial charge < -0.3 is 10.6 Å². The van der Waals surface area contributed by atoms with Crippen LogP contribution in [-0.2, 0) is 6.54 Å². The highest BCUT2D eigenvalue weighted by Crippen LogP contribution is 2.05. The zero-order chi connectivity index (χ0) is 15.1. The molecule has 0 radical (unpaired) electrons. The van der Waals surface area contributed by atoms with E-state index in [1.165, 1.54) is 0 Å². The number of aromatic nitrogens is 2. The van der Waals surface area contributed by atoms with Gasteiger partial charge in [0.15, 0.2) is 0 Å². The lowest BCUT2D eigenvalue weighted by molar-refractivity contribution is 0.0945. The molecule has 1 heterocycles. The van der Waals surface area contributed by atoms with Gasteiger partial charge >= 0.3 is 0 Å². The zero-order valence-electron chi connectivity index (χ0n) is 12.0. The predicted molar refractivity (Wildman–Crippen MR) is 83.1 cm³/mol. The quantitative estimate of drug-likeness (QED) is 0.798. The summed E-state index contributed by atoms with van der Waals surface area (Å²) in [5, 5.41) is 5.83. The standard InChI is InChI=1S/C16H18N4O/c1-3-9-17-16-19-12(2)10-14(20-16)15(21)18-11-13-7-5-4-6-8-13/h3-8,10H,1,9,11H2,2H3,(H,18,21)(H,17,19,20). The lowest BCUT2D eigenvalue weighted by Gasteiger charge is -2.08. The van der Waals surface area contributed by atoms with Crippen LogP contribution in [0, 0.1) is 6.92 Å². The Labute approximate surface area is 124 Å². The van der Waals surface area contributed by atoms with E-state index in [4.69, 9.17) is 0 Å². The van der Waals surface area contributed by atoms with Crippen LogP contribution >= 0.6 is 0 Å². The second-order valence-corrected chi connectivity index (χ2v) is 4.56. The Bertz CT molecular complexity index is 625. The van der Waals surface area contributed by atoms with Crippen molar-refractivity contribution in [1.29, 1.82) is 0 Å². The van der Waals surface area contributed by atoms with Gasteiger partial charge in [-0.25, -0.2) is 9.97 Å². The molecule has 0 bridgehead atoms. The molecule has 0 unspecified atom stereocenters. The fraction of sp³-hybridized carbons (Fsp3) is 0.188. The number of carbonyl (C=O) groups is 1. The van der Waals surface area contributed by atoms with Crippen LogP contribution in [-0.4, -0.2) is 22.4 Å². The second kappa shape index (κ2) is 7.19. The molecule has 2 aromatic rings. The first-order valence-corrected chi connectivity index (χ1v) is 6.71. The van der Waals surface area contributed by atoms with Crippen LogP contribution in [0.2, 0.25) is 0 Å². The van der Waals surface area contributed by atoms with E-state index in [0.717, 1.165) is 11.3 Å². The van der Waals surface area contributed by atoms with Gasteiger partial charge in [-0.15, -0.1) is 6.58 Å². The molecule has 0 aliphatic carbocycles. The third-order valence-corrected chi connectivity index (χ3v) is 2.79. The minimum Gasteiger partial charge on any atom is -0.351 e. The van der Waals surface area contributed by atoms with Crippen molar-refractivity contribution < 1.29 is 4.79 Å². The van der Waals surface area contributed by atoms with Crippen molar-refractivity contribution in [2.24, 2.45) is 0 Å². The van der Waals surface area contributed by atoms with Crippen molar-refractivity contribution in [2.45, 2.75) is 13.5 Å². The summed E-state index contributed by atoms with van der Waals surface area (Å²) in [7, 11) is 0. The number of rotatable bonds is 6. The summed E-state index contributed by atoms with van der Waals surface area (Å²) in [4.78, 5) is 20.6. The van der Waals surface area contributed by atoms with Gasteiger partial charge in [-0.05, 0) is 18.6 Å². The largest absolute Gasteiger partial charge is 0.351 e. The molecule has 0 saturated carbocycles. The molecule has 2 rings (SSSR count). The van der Waals surface area contributed by atoms with Gasteiger partial charge in [0.2, 0.25) is 5.95 Å². The number of aryl methyl sites for hydroxylation is 1. The number of nitrogens with zero attached hydrogens (tertiary/aromatic N) is 2. The molecule has 5 heteroatoms. The smallest absolute Gasteiger partial charge is 0.270 e. The van der Waals surface area contributed by atoms with Crippen LogP contribution in [0.4, 0.5) is 5.95 Å². The summed E-state index contributed by atoms with van der Waals surface area (Å²) in [6.45, 7) is 6.47. The number of hydrogen-bond donors (Lipinski definition) is 2. The molecule has 21 heavy (non-hydrogen) atoms. The molecule has 0 aliphatic rings. The van der Waals surface area contributed by atoms with Gasteiger partial charge in [0, 0.05) is 18.8 Å². The van der Waals surface area contributed by atoms with Gasteiger partial charge in [0.1, 0.15) is 5.69 Å². The van der Waals surface area contributed by atoms with E-state index in [-0.39, 0.29) is 5.91 Å². The van der Waals surface area contributed by atoms with Crippen molar-refractivity contribution in [3.8, 4) is 0 Å². The van der Waals surface area contributed by atoms with Crippen molar-refractivity contribution in [2.75, 3.05) is 11.9 Å². The first kappa shape index (κ1) is 14.7. The first-order valence-electron chi connectivity index (χ1n) is 6.71. The van der Waals surface area contributed by atoms with Crippen LogP contribution in [0.5, 0.6) is 0 Å². The minimum absolute atomic E-state index is 0.217. The fourth-order valence-corrected chi connectivity index (χ4v) is 1.80. The summed E-state index contributed by atoms with van der Waals surface area (Å²) >= 11 is 0. The average molecular weight is 282 g/mol. The van der Waals surface area contributed by atoms with Crippen molar-refractivity contribution in [1.82, 2.24) is 15.3 Å². The van der Waals surface area contributed by atoms with E-state index in [9.17, 15) is 4.79 Å². The number of nitrogens with one attached hydrogen (secondary N) is 2. The number of benzene rings is 1. The van der Waals surface area contributed by atoms with Crippen molar-refractivity contribution in [3.05, 3.63) is 66.0 Å². The monoisotopic (exact) mass is 282 g/mol. The lowest BCUT2D eigenvalue weighted by atomic mass is 10.2. The Morgan fingerprint density at radius 3 is 2.76 bits per heavy atom. The molecular weight excluding hydrogens is 264 g/mol. The third-order valence-electron chi connectivity index (χ3n) is 2.79. The molecule has 0 fully saturated rings. The molecule has 0 atom stereocenters. The maximum absolute atomic E-state index is 12.1. The Morgan fingerprint density at radius 2 is 2.05 bits per heavy atom. The molecule has 1 aromatic heterocycles. The fourth-order valence-electron chi connectivity index (χ4n) is 1.80. The summed E-state index contributed by atoms with van der Waals surface area (Å²) in [6.07, 6.45) is 1.71. The molecule has 108 valence electrons. The lowest BCUT2D eigenvalue weighted by Crippen LogP contribution is -2.24. The van der Waals surface area contributed by atoms with Gasteiger partial charge in [-0.1, -0.05) is 36.4 Å². The van der Waals surface area contributed by atoms with E-state index in [1.54, 1.807) is 12.1 Å². The SMILES string of the molecule is C=CCNc1nc(C)cc(C(=O)NCc2ccccc2)n1. The summed E-state index contributed by atoms with van der Waals surface area (Å²) in [5.74, 6) is 0.214. The van der Waals surface area contributed by atoms with Crippen LogP contribution in [0.1, 0.15) is 21.7 Å². The number of amides is 1. The minimum atomic E-state index is -0.217. The third kappa shape index (κ3) is 4.42. The van der Waals surface area contributed by atoms with Crippen LogP contribution in [0.3, 0.4) is 0 Å². The van der Waals surface area contributed by atoms with Crippen LogP contribution in [0.15, 0.2) is 49.1 Å². The number of anilines is 1. The highest BCUT2D eigenvalue weighted by Gasteiger charge is 2.10. The average Bonchev–Trinajstić information content (AvgIpc) is 2.51. The molecule has 5 nitrogen and oxygen atoms in total. The highest BCUT2D eigenvalue weighted by molar-refractivity contribution is 5.92. The van der Waals surface area contributed by atoms with E-state index >= 15 is 0 Å². The molecule has 0 spiro atoms. The molecule has 1 aromatic carbocycles. The van der Waals surface area contributed by atoms with Gasteiger partial charge in [-0.2, -0.15) is 0 Å².